The van der Waals surface area contributed by atoms with Crippen LogP contribution in [-0.2, 0) is 26.9 Å². The fourth-order valence-corrected chi connectivity index (χ4v) is 4.20. The highest BCUT2D eigenvalue weighted by Gasteiger charge is 2.22. The van der Waals surface area contributed by atoms with E-state index in [1.807, 2.05) is 31.2 Å². The van der Waals surface area contributed by atoms with Crippen molar-refractivity contribution in [2.75, 3.05) is 5.75 Å². The number of oxazole rings is 1. The SMILES string of the molecule is Cc1ccc(CNC(=O)CS(=O)(=O)Cc2nc(-c3cccc(Cl)c3)oc2C)cc1. The highest BCUT2D eigenvalue weighted by atomic mass is 35.5. The minimum atomic E-state index is -3.71. The number of hydrogen-bond donors (Lipinski definition) is 1. The Hall–Kier alpha value is -2.64. The van der Waals surface area contributed by atoms with Gasteiger partial charge in [-0.15, -0.1) is 0 Å². The number of carbonyl (C=O) groups is 1. The number of rotatable bonds is 7. The molecular formula is C21H21ClN2O4S. The van der Waals surface area contributed by atoms with Crippen molar-refractivity contribution in [1.29, 1.82) is 0 Å². The number of aromatic nitrogens is 1. The van der Waals surface area contributed by atoms with E-state index in [-0.39, 0.29) is 18.0 Å². The van der Waals surface area contributed by atoms with Crippen molar-refractivity contribution in [3.63, 3.8) is 0 Å². The summed E-state index contributed by atoms with van der Waals surface area (Å²) in [5.41, 5.74) is 2.95. The lowest BCUT2D eigenvalue weighted by Crippen LogP contribution is -2.30. The molecule has 2 aromatic carbocycles. The number of benzene rings is 2. The van der Waals surface area contributed by atoms with Gasteiger partial charge in [0.1, 0.15) is 11.5 Å². The molecule has 3 rings (SSSR count). The number of nitrogens with zero attached hydrogens (tertiary/aromatic N) is 1. The van der Waals surface area contributed by atoms with Gasteiger partial charge in [0.25, 0.3) is 0 Å². The van der Waals surface area contributed by atoms with Crippen molar-refractivity contribution in [3.8, 4) is 11.5 Å². The van der Waals surface area contributed by atoms with E-state index < -0.39 is 21.5 Å². The fourth-order valence-electron chi connectivity index (χ4n) is 2.72. The number of halogens is 1. The van der Waals surface area contributed by atoms with Gasteiger partial charge in [-0.05, 0) is 37.6 Å². The molecule has 3 aromatic rings. The van der Waals surface area contributed by atoms with Crippen molar-refractivity contribution < 1.29 is 17.6 Å². The van der Waals surface area contributed by atoms with Gasteiger partial charge in [0.2, 0.25) is 11.8 Å². The number of nitrogens with one attached hydrogen (secondary N) is 1. The molecule has 8 heteroatoms. The van der Waals surface area contributed by atoms with Crippen LogP contribution < -0.4 is 5.32 Å². The molecule has 0 radical (unpaired) electrons. The van der Waals surface area contributed by atoms with Gasteiger partial charge in [-0.1, -0.05) is 47.5 Å². The second-order valence-corrected chi connectivity index (χ2v) is 9.33. The predicted molar refractivity (Wildman–Crippen MR) is 112 cm³/mol. The maximum atomic E-state index is 12.5. The van der Waals surface area contributed by atoms with Crippen LogP contribution in [-0.4, -0.2) is 25.1 Å². The first kappa shape index (κ1) is 21.1. The quantitative estimate of drug-likeness (QED) is 0.612. The summed E-state index contributed by atoms with van der Waals surface area (Å²) in [6.07, 6.45) is 0. The molecule has 0 unspecified atom stereocenters. The molecule has 0 spiro atoms. The Labute approximate surface area is 174 Å². The molecule has 0 aliphatic carbocycles. The molecule has 1 aromatic heterocycles. The van der Waals surface area contributed by atoms with Gasteiger partial charge >= 0.3 is 0 Å². The first-order valence-electron chi connectivity index (χ1n) is 8.97. The number of sulfone groups is 1. The summed E-state index contributed by atoms with van der Waals surface area (Å²) in [5, 5.41) is 3.16. The molecule has 29 heavy (non-hydrogen) atoms. The van der Waals surface area contributed by atoms with E-state index in [4.69, 9.17) is 16.0 Å². The first-order chi connectivity index (χ1) is 13.7. The predicted octanol–water partition coefficient (Wildman–Crippen LogP) is 3.84. The third-order valence-electron chi connectivity index (χ3n) is 4.28. The maximum Gasteiger partial charge on any atom is 0.235 e. The molecule has 0 aliphatic heterocycles. The van der Waals surface area contributed by atoms with E-state index in [0.717, 1.165) is 11.1 Å². The zero-order valence-electron chi connectivity index (χ0n) is 16.1. The average molecular weight is 433 g/mol. The summed E-state index contributed by atoms with van der Waals surface area (Å²) in [4.78, 5) is 16.4. The summed E-state index contributed by atoms with van der Waals surface area (Å²) in [5.74, 6) is -0.858. The Balaban J connectivity index is 1.63. The Morgan fingerprint density at radius 3 is 2.55 bits per heavy atom. The molecule has 0 atom stereocenters. The number of hydrogen-bond acceptors (Lipinski definition) is 5. The van der Waals surface area contributed by atoms with Gasteiger partial charge in [0, 0.05) is 17.1 Å². The van der Waals surface area contributed by atoms with E-state index in [2.05, 4.69) is 10.3 Å². The minimum absolute atomic E-state index is 0.274. The second kappa shape index (κ2) is 8.80. The van der Waals surface area contributed by atoms with Crippen molar-refractivity contribution in [3.05, 3.63) is 76.1 Å². The average Bonchev–Trinajstić information content (AvgIpc) is 3.01. The van der Waals surface area contributed by atoms with Crippen LogP contribution in [0.25, 0.3) is 11.5 Å². The molecule has 0 fully saturated rings. The summed E-state index contributed by atoms with van der Waals surface area (Å²) < 4.78 is 30.5. The van der Waals surface area contributed by atoms with Crippen LogP contribution in [0.2, 0.25) is 5.02 Å². The third kappa shape index (κ3) is 5.92. The largest absolute Gasteiger partial charge is 0.441 e. The molecule has 0 saturated carbocycles. The first-order valence-corrected chi connectivity index (χ1v) is 11.2. The summed E-state index contributed by atoms with van der Waals surface area (Å²) in [6.45, 7) is 3.89. The van der Waals surface area contributed by atoms with E-state index in [9.17, 15) is 13.2 Å². The van der Waals surface area contributed by atoms with Crippen LogP contribution in [0, 0.1) is 13.8 Å². The fraction of sp³-hybridized carbons (Fsp3) is 0.238. The zero-order valence-corrected chi connectivity index (χ0v) is 17.7. The van der Waals surface area contributed by atoms with Gasteiger partial charge in [0.15, 0.2) is 9.84 Å². The van der Waals surface area contributed by atoms with Crippen molar-refractivity contribution in [2.45, 2.75) is 26.1 Å². The number of amides is 1. The van der Waals surface area contributed by atoms with Gasteiger partial charge in [-0.2, -0.15) is 0 Å². The van der Waals surface area contributed by atoms with Crippen LogP contribution in [0.1, 0.15) is 22.6 Å². The number of aryl methyl sites for hydroxylation is 2. The van der Waals surface area contributed by atoms with Crippen molar-refractivity contribution >= 4 is 27.3 Å². The molecular weight excluding hydrogens is 412 g/mol. The van der Waals surface area contributed by atoms with E-state index in [1.54, 1.807) is 31.2 Å². The molecule has 1 N–H and O–H groups in total. The minimum Gasteiger partial charge on any atom is -0.441 e. The van der Waals surface area contributed by atoms with Crippen molar-refractivity contribution in [2.24, 2.45) is 0 Å². The Morgan fingerprint density at radius 2 is 1.86 bits per heavy atom. The molecule has 0 bridgehead atoms. The van der Waals surface area contributed by atoms with Gasteiger partial charge in [-0.3, -0.25) is 4.79 Å². The lowest BCUT2D eigenvalue weighted by Gasteiger charge is -2.06. The normalized spacial score (nSPS) is 11.4. The molecule has 0 saturated heterocycles. The monoisotopic (exact) mass is 432 g/mol. The van der Waals surface area contributed by atoms with Crippen molar-refractivity contribution in [1.82, 2.24) is 10.3 Å². The Kier molecular flexibility index (Phi) is 6.39. The van der Waals surface area contributed by atoms with E-state index >= 15 is 0 Å². The Bertz CT molecular complexity index is 1120. The summed E-state index contributed by atoms with van der Waals surface area (Å²) >= 11 is 5.98. The standard InChI is InChI=1S/C21H21ClN2O4S/c1-14-6-8-16(9-7-14)11-23-20(25)13-29(26,27)12-19-15(2)28-21(24-19)17-4-3-5-18(22)10-17/h3-10H,11-13H2,1-2H3,(H,23,25). The van der Waals surface area contributed by atoms with Crippen LogP contribution in [0.3, 0.4) is 0 Å². The zero-order chi connectivity index (χ0) is 21.0. The van der Waals surface area contributed by atoms with E-state index in [1.165, 1.54) is 0 Å². The van der Waals surface area contributed by atoms with Gasteiger partial charge < -0.3 is 9.73 Å². The second-order valence-electron chi connectivity index (χ2n) is 6.83. The van der Waals surface area contributed by atoms with Gasteiger partial charge in [0.05, 0.1) is 11.4 Å². The smallest absolute Gasteiger partial charge is 0.235 e. The van der Waals surface area contributed by atoms with Crippen LogP contribution >= 0.6 is 11.6 Å². The van der Waals surface area contributed by atoms with Crippen LogP contribution in [0.4, 0.5) is 0 Å². The summed E-state index contributed by atoms with van der Waals surface area (Å²) in [7, 11) is -3.71. The highest BCUT2D eigenvalue weighted by Crippen LogP contribution is 2.25. The Morgan fingerprint density at radius 1 is 1.14 bits per heavy atom. The molecule has 6 nitrogen and oxygen atoms in total. The molecule has 1 heterocycles. The lowest BCUT2D eigenvalue weighted by molar-refractivity contribution is -0.118. The maximum absolute atomic E-state index is 12.5. The summed E-state index contributed by atoms with van der Waals surface area (Å²) in [6, 6.07) is 14.6. The molecule has 0 aliphatic rings. The van der Waals surface area contributed by atoms with E-state index in [0.29, 0.717) is 22.2 Å². The molecule has 1 amide bonds. The molecule has 152 valence electrons. The third-order valence-corrected chi connectivity index (χ3v) is 5.93. The van der Waals surface area contributed by atoms with Crippen LogP contribution in [0.15, 0.2) is 52.9 Å². The number of carbonyl (C=O) groups excluding carboxylic acids is 1. The highest BCUT2D eigenvalue weighted by molar-refractivity contribution is 7.91. The lowest BCUT2D eigenvalue weighted by atomic mass is 10.1. The van der Waals surface area contributed by atoms with Crippen LogP contribution in [0.5, 0.6) is 0 Å². The topological polar surface area (TPSA) is 89.3 Å². The van der Waals surface area contributed by atoms with Gasteiger partial charge in [-0.25, -0.2) is 13.4 Å².